The predicted molar refractivity (Wildman–Crippen MR) is 99.8 cm³/mol. The third-order valence-electron chi connectivity index (χ3n) is 3.82. The molecule has 0 spiro atoms. The van der Waals surface area contributed by atoms with Crippen LogP contribution >= 0.6 is 0 Å². The van der Waals surface area contributed by atoms with Crippen LogP contribution in [0.3, 0.4) is 0 Å². The summed E-state index contributed by atoms with van der Waals surface area (Å²) in [5.41, 5.74) is 3.69. The smallest absolute Gasteiger partial charge is 0.229 e. The van der Waals surface area contributed by atoms with Crippen molar-refractivity contribution in [2.75, 3.05) is 17.2 Å². The highest BCUT2D eigenvalue weighted by Gasteiger charge is 2.04. The van der Waals surface area contributed by atoms with Gasteiger partial charge in [-0.25, -0.2) is 9.37 Å². The average molecular weight is 336 g/mol. The van der Waals surface area contributed by atoms with Crippen molar-refractivity contribution < 1.29 is 4.39 Å². The molecule has 0 saturated heterocycles. The number of hydrogen-bond acceptors (Lipinski definition) is 4. The van der Waals surface area contributed by atoms with Crippen molar-refractivity contribution in [3.63, 3.8) is 0 Å². The van der Waals surface area contributed by atoms with Gasteiger partial charge < -0.3 is 10.6 Å². The van der Waals surface area contributed by atoms with E-state index >= 15 is 0 Å². The molecule has 0 amide bonds. The van der Waals surface area contributed by atoms with E-state index in [0.717, 1.165) is 17.2 Å². The van der Waals surface area contributed by atoms with E-state index in [2.05, 4.69) is 20.6 Å². The lowest BCUT2D eigenvalue weighted by Gasteiger charge is -2.10. The second-order valence-electron chi connectivity index (χ2n) is 5.98. The quantitative estimate of drug-likeness (QED) is 0.689. The van der Waals surface area contributed by atoms with Gasteiger partial charge >= 0.3 is 0 Å². The number of aromatic nitrogens is 2. The maximum absolute atomic E-state index is 13.7. The van der Waals surface area contributed by atoms with Crippen LogP contribution < -0.4 is 10.6 Å². The molecule has 0 atom stereocenters. The number of anilines is 3. The zero-order valence-corrected chi connectivity index (χ0v) is 14.4. The van der Waals surface area contributed by atoms with Gasteiger partial charge in [-0.1, -0.05) is 35.9 Å². The number of rotatable bonds is 6. The van der Waals surface area contributed by atoms with E-state index in [4.69, 9.17) is 0 Å². The van der Waals surface area contributed by atoms with Gasteiger partial charge in [-0.3, -0.25) is 0 Å². The zero-order valence-electron chi connectivity index (χ0n) is 14.4. The summed E-state index contributed by atoms with van der Waals surface area (Å²) >= 11 is 0. The standard InChI is InChI=1S/C20H21FN4/c1-14-7-9-17(10-8-14)24-20-23-15(2)13-19(25-20)22-12-11-16-5-3-4-6-18(16)21/h3-10,13H,11-12H2,1-2H3,(H2,22,23,24,25). The van der Waals surface area contributed by atoms with E-state index in [-0.39, 0.29) is 5.82 Å². The molecule has 128 valence electrons. The minimum absolute atomic E-state index is 0.176. The first kappa shape index (κ1) is 16.9. The van der Waals surface area contributed by atoms with Crippen molar-refractivity contribution in [3.05, 3.63) is 77.2 Å². The highest BCUT2D eigenvalue weighted by atomic mass is 19.1. The average Bonchev–Trinajstić information content (AvgIpc) is 2.58. The highest BCUT2D eigenvalue weighted by Crippen LogP contribution is 2.16. The van der Waals surface area contributed by atoms with Crippen molar-refractivity contribution in [1.29, 1.82) is 0 Å². The Hall–Kier alpha value is -2.95. The fourth-order valence-corrected chi connectivity index (χ4v) is 2.51. The molecule has 2 N–H and O–H groups in total. The first-order valence-electron chi connectivity index (χ1n) is 8.27. The van der Waals surface area contributed by atoms with E-state index < -0.39 is 0 Å². The molecule has 0 aliphatic carbocycles. The Morgan fingerprint density at radius 2 is 1.72 bits per heavy atom. The van der Waals surface area contributed by atoms with Crippen molar-refractivity contribution in [1.82, 2.24) is 9.97 Å². The Labute approximate surface area is 147 Å². The molecule has 0 saturated carbocycles. The Morgan fingerprint density at radius 3 is 2.48 bits per heavy atom. The first-order valence-corrected chi connectivity index (χ1v) is 8.27. The molecule has 25 heavy (non-hydrogen) atoms. The lowest BCUT2D eigenvalue weighted by atomic mass is 10.1. The fraction of sp³-hybridized carbons (Fsp3) is 0.200. The van der Waals surface area contributed by atoms with Crippen molar-refractivity contribution >= 4 is 17.5 Å². The number of benzene rings is 2. The van der Waals surface area contributed by atoms with Crippen molar-refractivity contribution in [3.8, 4) is 0 Å². The molecule has 1 aromatic heterocycles. The molecule has 0 unspecified atom stereocenters. The lowest BCUT2D eigenvalue weighted by molar-refractivity contribution is 0.610. The van der Waals surface area contributed by atoms with Crippen LogP contribution in [0.15, 0.2) is 54.6 Å². The normalized spacial score (nSPS) is 10.5. The third-order valence-corrected chi connectivity index (χ3v) is 3.82. The van der Waals surface area contributed by atoms with Gasteiger partial charge in [0.2, 0.25) is 5.95 Å². The van der Waals surface area contributed by atoms with Gasteiger partial charge in [-0.2, -0.15) is 4.98 Å². The molecule has 2 aromatic carbocycles. The van der Waals surface area contributed by atoms with Crippen LogP contribution in [0.2, 0.25) is 0 Å². The topological polar surface area (TPSA) is 49.8 Å². The Morgan fingerprint density at radius 1 is 0.960 bits per heavy atom. The summed E-state index contributed by atoms with van der Waals surface area (Å²) in [7, 11) is 0. The van der Waals surface area contributed by atoms with Gasteiger partial charge in [0, 0.05) is 24.0 Å². The molecule has 5 heteroatoms. The summed E-state index contributed by atoms with van der Waals surface area (Å²) < 4.78 is 13.7. The summed E-state index contributed by atoms with van der Waals surface area (Å²) in [5.74, 6) is 1.08. The molecule has 0 aliphatic heterocycles. The zero-order chi connectivity index (χ0) is 17.6. The van der Waals surface area contributed by atoms with E-state index in [9.17, 15) is 4.39 Å². The molecule has 3 rings (SSSR count). The van der Waals surface area contributed by atoms with Crippen molar-refractivity contribution in [2.24, 2.45) is 0 Å². The number of aryl methyl sites for hydroxylation is 2. The van der Waals surface area contributed by atoms with Gasteiger partial charge in [0.15, 0.2) is 0 Å². The Bertz CT molecular complexity index is 847. The van der Waals surface area contributed by atoms with Crippen LogP contribution in [0.25, 0.3) is 0 Å². The number of hydrogen-bond donors (Lipinski definition) is 2. The second-order valence-corrected chi connectivity index (χ2v) is 5.98. The van der Waals surface area contributed by atoms with E-state index in [1.807, 2.05) is 50.2 Å². The summed E-state index contributed by atoms with van der Waals surface area (Å²) in [4.78, 5) is 8.89. The monoisotopic (exact) mass is 336 g/mol. The molecular weight excluding hydrogens is 315 g/mol. The second kappa shape index (κ2) is 7.75. The summed E-state index contributed by atoms with van der Waals surface area (Å²) in [6.45, 7) is 4.57. The van der Waals surface area contributed by atoms with Gasteiger partial charge in [0.1, 0.15) is 11.6 Å². The van der Waals surface area contributed by atoms with Crippen LogP contribution in [-0.4, -0.2) is 16.5 Å². The summed E-state index contributed by atoms with van der Waals surface area (Å²) in [6, 6.07) is 16.7. The predicted octanol–water partition coefficient (Wildman–Crippen LogP) is 4.63. The van der Waals surface area contributed by atoms with Crippen LogP contribution in [-0.2, 0) is 6.42 Å². The van der Waals surface area contributed by atoms with Gasteiger partial charge in [-0.15, -0.1) is 0 Å². The third kappa shape index (κ3) is 4.76. The molecule has 1 heterocycles. The van der Waals surface area contributed by atoms with Gasteiger partial charge in [-0.05, 0) is 44.0 Å². The van der Waals surface area contributed by atoms with Gasteiger partial charge in [0.05, 0.1) is 0 Å². The van der Waals surface area contributed by atoms with Crippen LogP contribution in [0.5, 0.6) is 0 Å². The number of nitrogens with zero attached hydrogens (tertiary/aromatic N) is 2. The Balaban J connectivity index is 1.65. The molecule has 0 radical (unpaired) electrons. The molecule has 0 bridgehead atoms. The van der Waals surface area contributed by atoms with Crippen LogP contribution in [0.4, 0.5) is 21.8 Å². The SMILES string of the molecule is Cc1ccc(Nc2nc(C)cc(NCCc3ccccc3F)n2)cc1. The lowest BCUT2D eigenvalue weighted by Crippen LogP contribution is -2.09. The molecule has 0 fully saturated rings. The Kier molecular flexibility index (Phi) is 5.23. The van der Waals surface area contributed by atoms with E-state index in [0.29, 0.717) is 24.5 Å². The minimum Gasteiger partial charge on any atom is -0.370 e. The molecule has 0 aliphatic rings. The minimum atomic E-state index is -0.176. The summed E-state index contributed by atoms with van der Waals surface area (Å²) in [6.07, 6.45) is 0.594. The molecule has 3 aromatic rings. The highest BCUT2D eigenvalue weighted by molar-refractivity contribution is 5.55. The van der Waals surface area contributed by atoms with Crippen LogP contribution in [0.1, 0.15) is 16.8 Å². The van der Waals surface area contributed by atoms with E-state index in [1.54, 1.807) is 12.1 Å². The van der Waals surface area contributed by atoms with Crippen molar-refractivity contribution in [2.45, 2.75) is 20.3 Å². The maximum Gasteiger partial charge on any atom is 0.229 e. The van der Waals surface area contributed by atoms with E-state index in [1.165, 1.54) is 11.6 Å². The molecule has 4 nitrogen and oxygen atoms in total. The van der Waals surface area contributed by atoms with Gasteiger partial charge in [0.25, 0.3) is 0 Å². The fourth-order valence-electron chi connectivity index (χ4n) is 2.51. The maximum atomic E-state index is 13.7. The summed E-state index contributed by atoms with van der Waals surface area (Å²) in [5, 5.41) is 6.45. The largest absolute Gasteiger partial charge is 0.370 e. The number of halogens is 1. The first-order chi connectivity index (χ1) is 12.1. The molecular formula is C20H21FN4. The van der Waals surface area contributed by atoms with Crippen LogP contribution in [0, 0.1) is 19.7 Å². The number of nitrogens with one attached hydrogen (secondary N) is 2.